The molecule has 0 saturated heterocycles. The number of sulfone groups is 1. The van der Waals surface area contributed by atoms with Crippen molar-refractivity contribution in [2.75, 3.05) is 0 Å². The van der Waals surface area contributed by atoms with E-state index >= 15 is 0 Å². The molecule has 0 bridgehead atoms. The molecule has 0 radical (unpaired) electrons. The monoisotopic (exact) mass is 539 g/mol. The van der Waals surface area contributed by atoms with Gasteiger partial charge in [-0.2, -0.15) is 0 Å². The van der Waals surface area contributed by atoms with E-state index in [9.17, 15) is 18.0 Å². The second-order valence-corrected chi connectivity index (χ2v) is 10.7. The number of hydrogen-bond donors (Lipinski definition) is 2. The average molecular weight is 540 g/mol. The summed E-state index contributed by atoms with van der Waals surface area (Å²) in [6.07, 6.45) is 5.74. The Morgan fingerprint density at radius 3 is 2.15 bits per heavy atom. The van der Waals surface area contributed by atoms with Crippen molar-refractivity contribution in [1.82, 2.24) is 15.6 Å². The van der Waals surface area contributed by atoms with Gasteiger partial charge in [0.25, 0.3) is 11.8 Å². The zero-order valence-electron chi connectivity index (χ0n) is 21.2. The summed E-state index contributed by atoms with van der Waals surface area (Å²) in [5, 5.41) is 6.96. The van der Waals surface area contributed by atoms with Crippen LogP contribution in [0.15, 0.2) is 126 Å². The lowest BCUT2D eigenvalue weighted by Crippen LogP contribution is -2.35. The van der Waals surface area contributed by atoms with Gasteiger partial charge in [-0.25, -0.2) is 8.42 Å². The van der Waals surface area contributed by atoms with Gasteiger partial charge in [0.05, 0.1) is 4.90 Å². The van der Waals surface area contributed by atoms with Crippen LogP contribution in [0.25, 0.3) is 0 Å². The number of benzene rings is 3. The molecule has 7 nitrogen and oxygen atoms in total. The minimum absolute atomic E-state index is 0.150. The molecule has 0 fully saturated rings. The number of aromatic nitrogens is 1. The molecule has 0 spiro atoms. The zero-order chi connectivity index (χ0) is 27.5. The number of nitrogens with zero attached hydrogens (tertiary/aromatic N) is 1. The third-order valence-corrected chi connectivity index (χ3v) is 7.55. The van der Waals surface area contributed by atoms with Gasteiger partial charge in [-0.15, -0.1) is 0 Å². The van der Waals surface area contributed by atoms with Crippen molar-refractivity contribution in [3.63, 3.8) is 0 Å². The number of hydrogen-bond acceptors (Lipinski definition) is 5. The minimum atomic E-state index is -3.68. The molecular formula is C31H29N3O4S. The molecule has 2 amide bonds. The molecule has 4 aromatic rings. The molecule has 1 heterocycles. The number of carbonyl (C=O) groups is 2. The van der Waals surface area contributed by atoms with Gasteiger partial charge in [0.2, 0.25) is 0 Å². The second-order valence-electron chi connectivity index (χ2n) is 8.87. The quantitative estimate of drug-likeness (QED) is 0.287. The van der Waals surface area contributed by atoms with Crippen LogP contribution >= 0.6 is 0 Å². The molecule has 3 aromatic carbocycles. The molecule has 1 aromatic heterocycles. The van der Waals surface area contributed by atoms with Crippen molar-refractivity contribution in [2.24, 2.45) is 0 Å². The first-order valence-electron chi connectivity index (χ1n) is 12.5. The number of rotatable bonds is 11. The maximum absolute atomic E-state index is 13.4. The van der Waals surface area contributed by atoms with Crippen molar-refractivity contribution in [1.29, 1.82) is 0 Å². The van der Waals surface area contributed by atoms with Crippen molar-refractivity contribution >= 4 is 21.7 Å². The van der Waals surface area contributed by atoms with Gasteiger partial charge in [0.1, 0.15) is 0 Å². The fourth-order valence-corrected chi connectivity index (χ4v) is 5.08. The van der Waals surface area contributed by atoms with Crippen LogP contribution in [0.2, 0.25) is 0 Å². The molecule has 198 valence electrons. The predicted octanol–water partition coefficient (Wildman–Crippen LogP) is 4.73. The summed E-state index contributed by atoms with van der Waals surface area (Å²) in [5.74, 6) is -0.633. The van der Waals surface area contributed by atoms with Gasteiger partial charge in [-0.1, -0.05) is 72.8 Å². The van der Waals surface area contributed by atoms with Crippen LogP contribution in [-0.2, 0) is 22.8 Å². The Bertz CT molecular complexity index is 1520. The number of carbonyl (C=O) groups excluding carboxylic acids is 2. The average Bonchev–Trinajstić information content (AvgIpc) is 2.98. The van der Waals surface area contributed by atoms with Crippen LogP contribution < -0.4 is 10.6 Å². The fourth-order valence-electron chi connectivity index (χ4n) is 3.99. The van der Waals surface area contributed by atoms with Crippen molar-refractivity contribution < 1.29 is 18.0 Å². The van der Waals surface area contributed by atoms with Gasteiger partial charge in [0, 0.05) is 41.5 Å². The Balaban J connectivity index is 1.50. The topological polar surface area (TPSA) is 105 Å². The summed E-state index contributed by atoms with van der Waals surface area (Å²) in [7, 11) is -3.68. The van der Waals surface area contributed by atoms with Gasteiger partial charge < -0.3 is 10.6 Å². The number of aryl methyl sites for hydroxylation is 1. The van der Waals surface area contributed by atoms with E-state index < -0.39 is 15.9 Å². The van der Waals surface area contributed by atoms with E-state index in [1.165, 1.54) is 30.6 Å². The smallest absolute Gasteiger partial charge is 0.252 e. The highest BCUT2D eigenvalue weighted by Gasteiger charge is 2.17. The highest BCUT2D eigenvalue weighted by Crippen LogP contribution is 2.15. The first kappa shape index (κ1) is 27.5. The summed E-state index contributed by atoms with van der Waals surface area (Å²) < 4.78 is 25.7. The molecule has 0 aliphatic rings. The molecule has 39 heavy (non-hydrogen) atoms. The fraction of sp³-hybridized carbons (Fsp3) is 0.129. The van der Waals surface area contributed by atoms with Crippen LogP contribution in [0.4, 0.5) is 0 Å². The summed E-state index contributed by atoms with van der Waals surface area (Å²) in [6.45, 7) is 0.150. The van der Waals surface area contributed by atoms with Crippen molar-refractivity contribution in [3.8, 4) is 0 Å². The van der Waals surface area contributed by atoms with E-state index in [-0.39, 0.29) is 23.3 Å². The Morgan fingerprint density at radius 2 is 1.44 bits per heavy atom. The van der Waals surface area contributed by atoms with E-state index in [0.29, 0.717) is 29.5 Å². The van der Waals surface area contributed by atoms with E-state index in [2.05, 4.69) is 15.6 Å². The second kappa shape index (κ2) is 13.3. The largest absolute Gasteiger partial charge is 0.348 e. The summed E-state index contributed by atoms with van der Waals surface area (Å²) in [6, 6.07) is 27.6. The molecule has 0 aliphatic carbocycles. The highest BCUT2D eigenvalue weighted by atomic mass is 32.2. The van der Waals surface area contributed by atoms with Crippen LogP contribution in [0, 0.1) is 0 Å². The number of amides is 2. The Hall–Kier alpha value is -4.56. The van der Waals surface area contributed by atoms with E-state index in [1.807, 2.05) is 30.3 Å². The van der Waals surface area contributed by atoms with Gasteiger partial charge in [-0.05, 0) is 54.3 Å². The molecular weight excluding hydrogens is 510 g/mol. The van der Waals surface area contributed by atoms with Gasteiger partial charge in [-0.3, -0.25) is 14.6 Å². The zero-order valence-corrected chi connectivity index (χ0v) is 22.1. The van der Waals surface area contributed by atoms with Crippen LogP contribution in [-0.4, -0.2) is 31.3 Å². The maximum Gasteiger partial charge on any atom is 0.252 e. The minimum Gasteiger partial charge on any atom is -0.348 e. The lowest BCUT2D eigenvalue weighted by atomic mass is 10.0. The Morgan fingerprint density at radius 1 is 0.795 bits per heavy atom. The van der Waals surface area contributed by atoms with Gasteiger partial charge >= 0.3 is 0 Å². The van der Waals surface area contributed by atoms with Crippen LogP contribution in [0.5, 0.6) is 0 Å². The normalized spacial score (nSPS) is 12.1. The number of nitrogens with one attached hydrogen (secondary N) is 2. The Kier molecular flexibility index (Phi) is 9.37. The highest BCUT2D eigenvalue weighted by molar-refractivity contribution is 7.94. The van der Waals surface area contributed by atoms with Gasteiger partial charge in [0.15, 0.2) is 9.84 Å². The molecule has 8 heteroatoms. The van der Waals surface area contributed by atoms with Crippen LogP contribution in [0.3, 0.4) is 0 Å². The summed E-state index contributed by atoms with van der Waals surface area (Å²) in [5.41, 5.74) is 2.59. The molecule has 0 unspecified atom stereocenters. The van der Waals surface area contributed by atoms with Crippen molar-refractivity contribution in [3.05, 3.63) is 143 Å². The molecule has 2 N–H and O–H groups in total. The molecule has 4 rings (SSSR count). The standard InChI is InChI=1S/C31H29N3O4S/c35-30(25-17-20-32-21-18-25)33-23-26-11-7-8-14-29(26)31(36)34-27(16-15-24-9-3-1-4-10-24)19-22-39(37,38)28-12-5-2-6-13-28/h1-14,17-22,27H,15-16,23H2,(H,33,35)(H,34,36)/b22-19+/t27-/m0/s1. The first-order valence-corrected chi connectivity index (χ1v) is 14.1. The molecule has 1 atom stereocenters. The Labute approximate surface area is 228 Å². The number of pyridine rings is 1. The SMILES string of the molecule is O=C(NCc1ccccc1C(=O)N[C@H](/C=C/S(=O)(=O)c1ccccc1)CCc1ccccc1)c1ccncc1. The van der Waals surface area contributed by atoms with Crippen LogP contribution in [0.1, 0.15) is 38.3 Å². The molecule has 0 aliphatic heterocycles. The maximum atomic E-state index is 13.4. The summed E-state index contributed by atoms with van der Waals surface area (Å²) >= 11 is 0. The summed E-state index contributed by atoms with van der Waals surface area (Å²) in [4.78, 5) is 30.0. The lowest BCUT2D eigenvalue weighted by Gasteiger charge is -2.17. The third-order valence-electron chi connectivity index (χ3n) is 6.11. The third kappa shape index (κ3) is 7.96. The van der Waals surface area contributed by atoms with E-state index in [0.717, 1.165) is 11.0 Å². The lowest BCUT2D eigenvalue weighted by molar-refractivity contribution is 0.0929. The molecule has 0 saturated carbocycles. The van der Waals surface area contributed by atoms with Crippen molar-refractivity contribution in [2.45, 2.75) is 30.3 Å². The first-order chi connectivity index (χ1) is 18.9. The van der Waals surface area contributed by atoms with E-state index in [1.54, 1.807) is 54.6 Å². The van der Waals surface area contributed by atoms with E-state index in [4.69, 9.17) is 0 Å². The predicted molar refractivity (Wildman–Crippen MR) is 151 cm³/mol.